The molecular formula is C15H18N2O3. The van der Waals surface area contributed by atoms with E-state index in [9.17, 15) is 0 Å². The van der Waals surface area contributed by atoms with Gasteiger partial charge in [-0.1, -0.05) is 12.1 Å². The number of methoxy groups -OCH3 is 3. The van der Waals surface area contributed by atoms with E-state index in [0.29, 0.717) is 12.1 Å². The Balaban J connectivity index is 2.18. The quantitative estimate of drug-likeness (QED) is 0.757. The molecule has 0 aliphatic heterocycles. The van der Waals surface area contributed by atoms with E-state index in [1.807, 2.05) is 24.3 Å². The molecule has 1 aromatic heterocycles. The van der Waals surface area contributed by atoms with E-state index in [4.69, 9.17) is 14.2 Å². The first kappa shape index (κ1) is 14.4. The molecule has 0 radical (unpaired) electrons. The minimum Gasteiger partial charge on any atom is -0.497 e. The Morgan fingerprint density at radius 2 is 1.90 bits per heavy atom. The summed E-state index contributed by atoms with van der Waals surface area (Å²) in [5, 5.41) is 0. The molecule has 5 nitrogen and oxygen atoms in total. The molecule has 0 amide bonds. The number of rotatable bonds is 6. The lowest BCUT2D eigenvalue weighted by Gasteiger charge is -2.13. The number of aromatic nitrogens is 2. The Kier molecular flexibility index (Phi) is 5.03. The van der Waals surface area contributed by atoms with Crippen molar-refractivity contribution in [1.29, 1.82) is 0 Å². The molecule has 1 aromatic carbocycles. The van der Waals surface area contributed by atoms with E-state index in [1.165, 1.54) is 0 Å². The third kappa shape index (κ3) is 3.53. The van der Waals surface area contributed by atoms with E-state index in [2.05, 4.69) is 9.97 Å². The molecule has 2 aromatic rings. The van der Waals surface area contributed by atoms with Crippen molar-refractivity contribution in [3.05, 3.63) is 53.6 Å². The molecule has 0 fully saturated rings. The van der Waals surface area contributed by atoms with Gasteiger partial charge >= 0.3 is 0 Å². The summed E-state index contributed by atoms with van der Waals surface area (Å²) in [6.07, 6.45) is 1.87. The average Bonchev–Trinajstić information content (AvgIpc) is 2.49. The SMILES string of the molecule is COc1cccc(Cc2nccc(C(OC)OC)n2)c1. The number of benzene rings is 1. The summed E-state index contributed by atoms with van der Waals surface area (Å²) in [5.41, 5.74) is 1.80. The Bertz CT molecular complexity index is 556. The van der Waals surface area contributed by atoms with Gasteiger partial charge in [0.1, 0.15) is 11.6 Å². The standard InChI is InChI=1S/C15H18N2O3/c1-18-12-6-4-5-11(9-12)10-14-16-8-7-13(17-14)15(19-2)20-3/h4-9,15H,10H2,1-3H3. The molecule has 20 heavy (non-hydrogen) atoms. The van der Waals surface area contributed by atoms with Crippen LogP contribution < -0.4 is 4.74 Å². The number of hydrogen-bond donors (Lipinski definition) is 0. The molecular weight excluding hydrogens is 256 g/mol. The lowest BCUT2D eigenvalue weighted by Crippen LogP contribution is -2.08. The summed E-state index contributed by atoms with van der Waals surface area (Å²) in [4.78, 5) is 8.74. The predicted octanol–water partition coefficient (Wildman–Crippen LogP) is 2.37. The van der Waals surface area contributed by atoms with Gasteiger partial charge in [0.05, 0.1) is 12.8 Å². The van der Waals surface area contributed by atoms with Crippen LogP contribution in [0.3, 0.4) is 0 Å². The molecule has 0 unspecified atom stereocenters. The summed E-state index contributed by atoms with van der Waals surface area (Å²) in [7, 11) is 4.81. The first-order valence-electron chi connectivity index (χ1n) is 6.27. The van der Waals surface area contributed by atoms with Crippen molar-refractivity contribution in [3.8, 4) is 5.75 Å². The zero-order valence-corrected chi connectivity index (χ0v) is 11.9. The first-order valence-corrected chi connectivity index (χ1v) is 6.27. The smallest absolute Gasteiger partial charge is 0.200 e. The second-order valence-corrected chi connectivity index (χ2v) is 4.23. The molecule has 0 spiro atoms. The maximum absolute atomic E-state index is 5.21. The molecule has 0 N–H and O–H groups in total. The topological polar surface area (TPSA) is 53.5 Å². The van der Waals surface area contributed by atoms with Crippen molar-refractivity contribution < 1.29 is 14.2 Å². The molecule has 1 heterocycles. The van der Waals surface area contributed by atoms with E-state index in [-0.39, 0.29) is 0 Å². The summed E-state index contributed by atoms with van der Waals surface area (Å²) in [6, 6.07) is 9.63. The maximum Gasteiger partial charge on any atom is 0.200 e. The average molecular weight is 274 g/mol. The molecule has 2 rings (SSSR count). The number of hydrogen-bond acceptors (Lipinski definition) is 5. The van der Waals surface area contributed by atoms with Crippen molar-refractivity contribution in [2.75, 3.05) is 21.3 Å². The van der Waals surface area contributed by atoms with Gasteiger partial charge in [-0.15, -0.1) is 0 Å². The molecule has 0 bridgehead atoms. The second-order valence-electron chi connectivity index (χ2n) is 4.23. The van der Waals surface area contributed by atoms with E-state index in [0.717, 1.165) is 17.1 Å². The van der Waals surface area contributed by atoms with Gasteiger partial charge in [0, 0.05) is 26.8 Å². The fourth-order valence-corrected chi connectivity index (χ4v) is 1.93. The minimum absolute atomic E-state index is 0.470. The van der Waals surface area contributed by atoms with Gasteiger partial charge < -0.3 is 14.2 Å². The van der Waals surface area contributed by atoms with Crippen LogP contribution in [0.4, 0.5) is 0 Å². The van der Waals surface area contributed by atoms with Gasteiger partial charge in [-0.2, -0.15) is 0 Å². The highest BCUT2D eigenvalue weighted by Gasteiger charge is 2.11. The highest BCUT2D eigenvalue weighted by Crippen LogP contribution is 2.17. The van der Waals surface area contributed by atoms with Gasteiger partial charge in [-0.25, -0.2) is 9.97 Å². The molecule has 0 atom stereocenters. The van der Waals surface area contributed by atoms with Crippen LogP contribution >= 0.6 is 0 Å². The molecule has 0 saturated carbocycles. The van der Waals surface area contributed by atoms with Crippen LogP contribution in [-0.4, -0.2) is 31.3 Å². The van der Waals surface area contributed by atoms with Crippen molar-refractivity contribution in [3.63, 3.8) is 0 Å². The number of nitrogens with zero attached hydrogens (tertiary/aromatic N) is 2. The molecule has 0 aliphatic carbocycles. The molecule has 106 valence electrons. The van der Waals surface area contributed by atoms with Crippen LogP contribution in [0.15, 0.2) is 36.5 Å². The fourth-order valence-electron chi connectivity index (χ4n) is 1.93. The highest BCUT2D eigenvalue weighted by molar-refractivity contribution is 5.30. The minimum atomic E-state index is -0.470. The third-order valence-corrected chi connectivity index (χ3v) is 2.89. The zero-order valence-electron chi connectivity index (χ0n) is 11.9. The Morgan fingerprint density at radius 3 is 2.60 bits per heavy atom. The van der Waals surface area contributed by atoms with Crippen LogP contribution in [0, 0.1) is 0 Å². The van der Waals surface area contributed by atoms with Gasteiger partial charge in [0.15, 0.2) is 0 Å². The van der Waals surface area contributed by atoms with Gasteiger partial charge in [-0.05, 0) is 23.8 Å². The highest BCUT2D eigenvalue weighted by atomic mass is 16.7. The number of ether oxygens (including phenoxy) is 3. The second kappa shape index (κ2) is 6.98. The summed E-state index contributed by atoms with van der Waals surface area (Å²) >= 11 is 0. The van der Waals surface area contributed by atoms with Crippen LogP contribution in [-0.2, 0) is 15.9 Å². The van der Waals surface area contributed by atoms with Crippen LogP contribution in [0.2, 0.25) is 0 Å². The lowest BCUT2D eigenvalue weighted by atomic mass is 10.1. The summed E-state index contributed by atoms with van der Waals surface area (Å²) in [5.74, 6) is 1.54. The molecule has 0 aliphatic rings. The van der Waals surface area contributed by atoms with Crippen molar-refractivity contribution in [2.45, 2.75) is 12.7 Å². The Morgan fingerprint density at radius 1 is 1.10 bits per heavy atom. The molecule has 5 heteroatoms. The predicted molar refractivity (Wildman–Crippen MR) is 74.6 cm³/mol. The first-order chi connectivity index (χ1) is 9.76. The normalized spacial score (nSPS) is 10.8. The van der Waals surface area contributed by atoms with E-state index >= 15 is 0 Å². The largest absolute Gasteiger partial charge is 0.497 e. The van der Waals surface area contributed by atoms with Crippen LogP contribution in [0.1, 0.15) is 23.4 Å². The van der Waals surface area contributed by atoms with Gasteiger partial charge in [-0.3, -0.25) is 0 Å². The zero-order chi connectivity index (χ0) is 14.4. The van der Waals surface area contributed by atoms with E-state index in [1.54, 1.807) is 33.6 Å². The van der Waals surface area contributed by atoms with Crippen molar-refractivity contribution in [1.82, 2.24) is 9.97 Å². The fraction of sp³-hybridized carbons (Fsp3) is 0.333. The van der Waals surface area contributed by atoms with Gasteiger partial charge in [0.25, 0.3) is 0 Å². The van der Waals surface area contributed by atoms with Crippen molar-refractivity contribution in [2.24, 2.45) is 0 Å². The van der Waals surface area contributed by atoms with Gasteiger partial charge in [0.2, 0.25) is 6.29 Å². The Labute approximate surface area is 118 Å². The lowest BCUT2D eigenvalue weighted by molar-refractivity contribution is -0.108. The Hall–Kier alpha value is -1.98. The van der Waals surface area contributed by atoms with Crippen LogP contribution in [0.5, 0.6) is 5.75 Å². The van der Waals surface area contributed by atoms with E-state index < -0.39 is 6.29 Å². The van der Waals surface area contributed by atoms with Crippen LogP contribution in [0.25, 0.3) is 0 Å². The van der Waals surface area contributed by atoms with Crippen molar-refractivity contribution >= 4 is 0 Å². The summed E-state index contributed by atoms with van der Waals surface area (Å²) in [6.45, 7) is 0. The maximum atomic E-state index is 5.21. The summed E-state index contributed by atoms with van der Waals surface area (Å²) < 4.78 is 15.6. The molecule has 0 saturated heterocycles. The monoisotopic (exact) mass is 274 g/mol. The third-order valence-electron chi connectivity index (χ3n) is 2.89.